The van der Waals surface area contributed by atoms with E-state index in [4.69, 9.17) is 16.3 Å². The highest BCUT2D eigenvalue weighted by Gasteiger charge is 2.12. The quantitative estimate of drug-likeness (QED) is 0.853. The van der Waals surface area contributed by atoms with E-state index in [-0.39, 0.29) is 6.04 Å². The molecule has 0 saturated carbocycles. The van der Waals surface area contributed by atoms with Crippen LogP contribution < -0.4 is 10.1 Å². The topological polar surface area (TPSA) is 52.0 Å². The summed E-state index contributed by atoms with van der Waals surface area (Å²) >= 11 is 6.26. The second kappa shape index (κ2) is 7.43. The third-order valence-corrected chi connectivity index (χ3v) is 3.39. The lowest BCUT2D eigenvalue weighted by Crippen LogP contribution is -2.14. The molecule has 1 N–H and O–H groups in total. The molecule has 0 radical (unpaired) electrons. The number of hydrogen-bond acceptors (Lipinski definition) is 4. The number of nitrogens with one attached hydrogen (secondary N) is 1. The van der Waals surface area contributed by atoms with E-state index in [1.807, 2.05) is 22.9 Å². The Hall–Kier alpha value is -1.59. The molecule has 0 spiro atoms. The molecule has 0 bridgehead atoms. The van der Waals surface area contributed by atoms with E-state index in [9.17, 15) is 0 Å². The van der Waals surface area contributed by atoms with Gasteiger partial charge >= 0.3 is 0 Å². The molecule has 1 heterocycles. The van der Waals surface area contributed by atoms with Crippen LogP contribution in [0.4, 0.5) is 0 Å². The summed E-state index contributed by atoms with van der Waals surface area (Å²) in [6, 6.07) is 6.02. The molecule has 5 nitrogen and oxygen atoms in total. The summed E-state index contributed by atoms with van der Waals surface area (Å²) in [7, 11) is 0. The van der Waals surface area contributed by atoms with Crippen LogP contribution in [0.2, 0.25) is 5.02 Å². The lowest BCUT2D eigenvalue weighted by atomic mass is 10.2. The van der Waals surface area contributed by atoms with Gasteiger partial charge in [0.1, 0.15) is 18.7 Å². The van der Waals surface area contributed by atoms with Crippen LogP contribution in [0.5, 0.6) is 5.75 Å². The normalized spacial score (nSPS) is 11.1. The molecule has 1 aromatic heterocycles. The van der Waals surface area contributed by atoms with E-state index >= 15 is 0 Å². The molecule has 0 amide bonds. The molecule has 0 unspecified atom stereocenters. The zero-order valence-corrected chi connectivity index (χ0v) is 13.4. The van der Waals surface area contributed by atoms with Crippen molar-refractivity contribution < 1.29 is 4.74 Å². The molecule has 0 aliphatic heterocycles. The maximum Gasteiger partial charge on any atom is 0.165 e. The molecule has 0 saturated heterocycles. The van der Waals surface area contributed by atoms with Gasteiger partial charge in [-0.25, -0.2) is 9.67 Å². The fourth-order valence-corrected chi connectivity index (χ4v) is 2.31. The smallest absolute Gasteiger partial charge is 0.165 e. The number of ether oxygens (including phenoxy) is 1. The molecular weight excluding hydrogens is 288 g/mol. The second-order valence-electron chi connectivity index (χ2n) is 5.01. The van der Waals surface area contributed by atoms with Gasteiger partial charge in [-0.2, -0.15) is 5.10 Å². The molecule has 0 aliphatic rings. The van der Waals surface area contributed by atoms with Crippen LogP contribution in [0.1, 0.15) is 38.2 Å². The van der Waals surface area contributed by atoms with Crippen molar-refractivity contribution in [3.8, 4) is 5.75 Å². The summed E-state index contributed by atoms with van der Waals surface area (Å²) in [6.07, 6.45) is 1.55. The molecule has 2 rings (SSSR count). The van der Waals surface area contributed by atoms with E-state index in [1.54, 1.807) is 6.33 Å². The largest absolute Gasteiger partial charge is 0.484 e. The van der Waals surface area contributed by atoms with Crippen LogP contribution in [0.25, 0.3) is 0 Å². The summed E-state index contributed by atoms with van der Waals surface area (Å²) in [5.74, 6) is 1.50. The Morgan fingerprint density at radius 3 is 2.90 bits per heavy atom. The first-order chi connectivity index (χ1) is 10.1. The first-order valence-corrected chi connectivity index (χ1v) is 7.50. The number of nitrogens with zero attached hydrogens (tertiary/aromatic N) is 3. The lowest BCUT2D eigenvalue weighted by molar-refractivity contribution is 0.279. The zero-order valence-electron chi connectivity index (χ0n) is 12.6. The van der Waals surface area contributed by atoms with Crippen LogP contribution in [-0.2, 0) is 13.2 Å². The summed E-state index contributed by atoms with van der Waals surface area (Å²) in [5, 5.41) is 8.10. The second-order valence-corrected chi connectivity index (χ2v) is 5.42. The molecule has 114 valence electrons. The van der Waals surface area contributed by atoms with Gasteiger partial charge < -0.3 is 10.1 Å². The Morgan fingerprint density at radius 1 is 1.38 bits per heavy atom. The molecular formula is C15H21ClN4O. The molecule has 0 aliphatic carbocycles. The lowest BCUT2D eigenvalue weighted by Gasteiger charge is -2.14. The fraction of sp³-hybridized carbons (Fsp3) is 0.467. The van der Waals surface area contributed by atoms with Gasteiger partial charge in [-0.3, -0.25) is 0 Å². The summed E-state index contributed by atoms with van der Waals surface area (Å²) < 4.78 is 7.75. The minimum Gasteiger partial charge on any atom is -0.484 e. The average Bonchev–Trinajstić information content (AvgIpc) is 2.92. The van der Waals surface area contributed by atoms with Crippen molar-refractivity contribution in [3.05, 3.63) is 40.9 Å². The van der Waals surface area contributed by atoms with Gasteiger partial charge in [0.25, 0.3) is 0 Å². The van der Waals surface area contributed by atoms with Crippen LogP contribution in [0.15, 0.2) is 24.5 Å². The van der Waals surface area contributed by atoms with Gasteiger partial charge in [-0.15, -0.1) is 0 Å². The summed E-state index contributed by atoms with van der Waals surface area (Å²) in [5.41, 5.74) is 1.04. The van der Waals surface area contributed by atoms with Crippen molar-refractivity contribution in [2.75, 3.05) is 6.54 Å². The minimum atomic E-state index is 0.249. The Balaban J connectivity index is 2.13. The number of halogens is 1. The highest BCUT2D eigenvalue weighted by Crippen LogP contribution is 2.29. The van der Waals surface area contributed by atoms with Crippen LogP contribution in [0.3, 0.4) is 0 Å². The van der Waals surface area contributed by atoms with E-state index in [0.717, 1.165) is 24.5 Å². The first-order valence-electron chi connectivity index (χ1n) is 7.12. The first kappa shape index (κ1) is 15.8. The minimum absolute atomic E-state index is 0.249. The van der Waals surface area contributed by atoms with Crippen molar-refractivity contribution in [2.45, 2.75) is 40.0 Å². The zero-order chi connectivity index (χ0) is 15.2. The van der Waals surface area contributed by atoms with Crippen molar-refractivity contribution in [1.82, 2.24) is 20.1 Å². The molecule has 2 aromatic rings. The molecule has 1 aromatic carbocycles. The van der Waals surface area contributed by atoms with Crippen molar-refractivity contribution in [3.63, 3.8) is 0 Å². The van der Waals surface area contributed by atoms with Crippen molar-refractivity contribution in [1.29, 1.82) is 0 Å². The highest BCUT2D eigenvalue weighted by molar-refractivity contribution is 6.32. The third-order valence-electron chi connectivity index (χ3n) is 3.10. The molecule has 0 atom stereocenters. The SMILES string of the molecule is CCNCc1cccc(Cl)c1OCc1ncnn1C(C)C. The fourth-order valence-electron chi connectivity index (χ4n) is 2.06. The number of benzene rings is 1. The molecule has 21 heavy (non-hydrogen) atoms. The average molecular weight is 309 g/mol. The monoisotopic (exact) mass is 308 g/mol. The number of hydrogen-bond donors (Lipinski definition) is 1. The van der Waals surface area contributed by atoms with E-state index < -0.39 is 0 Å². The summed E-state index contributed by atoms with van der Waals surface area (Å²) in [6.45, 7) is 8.16. The van der Waals surface area contributed by atoms with Gasteiger partial charge in [-0.1, -0.05) is 30.7 Å². The van der Waals surface area contributed by atoms with E-state index in [1.165, 1.54) is 0 Å². The predicted molar refractivity (Wildman–Crippen MR) is 83.6 cm³/mol. The summed E-state index contributed by atoms with van der Waals surface area (Å²) in [4.78, 5) is 4.24. The Morgan fingerprint density at radius 2 is 2.19 bits per heavy atom. The van der Waals surface area contributed by atoms with Gasteiger partial charge in [0, 0.05) is 18.2 Å². The molecule has 6 heteroatoms. The predicted octanol–water partition coefficient (Wildman–Crippen LogP) is 3.20. The Labute approximate surface area is 130 Å². The standard InChI is InChI=1S/C15H21ClN4O/c1-4-17-8-12-6-5-7-13(16)15(12)21-9-14-18-10-19-20(14)11(2)3/h5-7,10-11,17H,4,8-9H2,1-3H3. The number of rotatable bonds is 7. The maximum absolute atomic E-state index is 6.26. The van der Waals surface area contributed by atoms with Gasteiger partial charge in [0.05, 0.1) is 5.02 Å². The maximum atomic E-state index is 6.26. The van der Waals surface area contributed by atoms with Crippen LogP contribution >= 0.6 is 11.6 Å². The Kier molecular flexibility index (Phi) is 5.59. The number of aromatic nitrogens is 3. The highest BCUT2D eigenvalue weighted by atomic mass is 35.5. The van der Waals surface area contributed by atoms with Crippen molar-refractivity contribution in [2.24, 2.45) is 0 Å². The third kappa shape index (κ3) is 3.95. The Bertz CT molecular complexity index is 583. The van der Waals surface area contributed by atoms with E-state index in [2.05, 4.69) is 36.2 Å². The van der Waals surface area contributed by atoms with Gasteiger partial charge in [0.2, 0.25) is 0 Å². The molecule has 0 fully saturated rings. The van der Waals surface area contributed by atoms with Crippen molar-refractivity contribution >= 4 is 11.6 Å². The van der Waals surface area contributed by atoms with E-state index in [0.29, 0.717) is 17.4 Å². The van der Waals surface area contributed by atoms with Crippen LogP contribution in [0, 0.1) is 0 Å². The number of para-hydroxylation sites is 1. The van der Waals surface area contributed by atoms with Gasteiger partial charge in [-0.05, 0) is 26.5 Å². The van der Waals surface area contributed by atoms with Gasteiger partial charge in [0.15, 0.2) is 5.82 Å². The van der Waals surface area contributed by atoms with Crippen LogP contribution in [-0.4, -0.2) is 21.3 Å².